The molecule has 1 amide bonds. The molecule has 0 unspecified atom stereocenters. The van der Waals surface area contributed by atoms with Crippen molar-refractivity contribution in [2.24, 2.45) is 0 Å². The first-order valence-electron chi connectivity index (χ1n) is 11.9. The van der Waals surface area contributed by atoms with Gasteiger partial charge in [-0.25, -0.2) is 0 Å². The number of para-hydroxylation sites is 1. The molecule has 34 heavy (non-hydrogen) atoms. The Labute approximate surface area is 203 Å². The van der Waals surface area contributed by atoms with Crippen LogP contribution in [0, 0.1) is 20.8 Å². The third-order valence-electron chi connectivity index (χ3n) is 6.26. The standard InChI is InChI=1S/C30H35NO3/c1-7-8-9-13-22-17-25(32)27(24-16-19(4)14-15-23(24)18(2)3)29(33)26(22)30(34)31-28-20(5)11-10-12-21(28)6/h10-12,14-17,32-33H,2,7-9,13H2,1,3-6H3,(H,31,34). The minimum absolute atomic E-state index is 0.0410. The molecule has 0 radical (unpaired) electrons. The lowest BCUT2D eigenvalue weighted by Crippen LogP contribution is -2.17. The first kappa shape index (κ1) is 25.1. The maximum atomic E-state index is 13.6. The summed E-state index contributed by atoms with van der Waals surface area (Å²) in [4.78, 5) is 13.6. The first-order chi connectivity index (χ1) is 16.1. The van der Waals surface area contributed by atoms with Crippen LogP contribution in [-0.2, 0) is 6.42 Å². The lowest BCUT2D eigenvalue weighted by Gasteiger charge is -2.20. The molecule has 0 spiro atoms. The summed E-state index contributed by atoms with van der Waals surface area (Å²) < 4.78 is 0. The smallest absolute Gasteiger partial charge is 0.259 e. The maximum Gasteiger partial charge on any atom is 0.259 e. The number of hydrogen-bond donors (Lipinski definition) is 3. The molecule has 0 aliphatic rings. The molecular weight excluding hydrogens is 422 g/mol. The van der Waals surface area contributed by atoms with E-state index in [0.29, 0.717) is 17.5 Å². The van der Waals surface area contributed by atoms with Gasteiger partial charge in [-0.3, -0.25) is 4.79 Å². The summed E-state index contributed by atoms with van der Waals surface area (Å²) in [5.74, 6) is -0.628. The second-order valence-electron chi connectivity index (χ2n) is 9.16. The molecule has 3 aromatic rings. The molecule has 3 aromatic carbocycles. The number of phenols is 2. The van der Waals surface area contributed by atoms with Crippen LogP contribution in [0.4, 0.5) is 5.69 Å². The number of carbonyl (C=O) groups excluding carboxylic acids is 1. The Morgan fingerprint density at radius 2 is 1.68 bits per heavy atom. The van der Waals surface area contributed by atoms with Gasteiger partial charge in [-0.1, -0.05) is 73.9 Å². The van der Waals surface area contributed by atoms with E-state index in [1.807, 2.05) is 64.1 Å². The molecule has 178 valence electrons. The highest BCUT2D eigenvalue weighted by Gasteiger charge is 2.25. The highest BCUT2D eigenvalue weighted by Crippen LogP contribution is 2.45. The second-order valence-corrected chi connectivity index (χ2v) is 9.16. The number of hydrogen-bond acceptors (Lipinski definition) is 3. The van der Waals surface area contributed by atoms with Crippen molar-refractivity contribution in [2.45, 2.75) is 60.3 Å². The van der Waals surface area contributed by atoms with Crippen molar-refractivity contribution in [3.8, 4) is 22.6 Å². The average molecular weight is 458 g/mol. The van der Waals surface area contributed by atoms with Gasteiger partial charge in [0, 0.05) is 5.69 Å². The molecule has 4 heteroatoms. The Hall–Kier alpha value is -3.53. The summed E-state index contributed by atoms with van der Waals surface area (Å²) in [5.41, 5.74) is 6.99. The summed E-state index contributed by atoms with van der Waals surface area (Å²) in [6.45, 7) is 13.9. The molecule has 0 saturated carbocycles. The Balaban J connectivity index is 2.22. The molecule has 0 aliphatic heterocycles. The summed E-state index contributed by atoms with van der Waals surface area (Å²) in [7, 11) is 0. The molecular formula is C30H35NO3. The Morgan fingerprint density at radius 1 is 1.00 bits per heavy atom. The van der Waals surface area contributed by atoms with Crippen LogP contribution < -0.4 is 5.32 Å². The van der Waals surface area contributed by atoms with Crippen LogP contribution >= 0.6 is 0 Å². The number of carbonyl (C=O) groups is 1. The van der Waals surface area contributed by atoms with Crippen molar-refractivity contribution >= 4 is 17.2 Å². The van der Waals surface area contributed by atoms with Gasteiger partial charge in [0.25, 0.3) is 5.91 Å². The number of aryl methyl sites for hydroxylation is 4. The first-order valence-corrected chi connectivity index (χ1v) is 11.9. The fraction of sp³-hybridized carbons (Fsp3) is 0.300. The van der Waals surface area contributed by atoms with Gasteiger partial charge >= 0.3 is 0 Å². The van der Waals surface area contributed by atoms with Crippen molar-refractivity contribution < 1.29 is 15.0 Å². The SMILES string of the molecule is C=C(C)c1ccc(C)cc1-c1c(O)cc(CCCCC)c(C(=O)Nc2c(C)cccc2C)c1O. The Bertz CT molecular complexity index is 1220. The average Bonchev–Trinajstić information content (AvgIpc) is 2.76. The Morgan fingerprint density at radius 3 is 2.29 bits per heavy atom. The summed E-state index contributed by atoms with van der Waals surface area (Å²) in [6, 6.07) is 13.3. The topological polar surface area (TPSA) is 69.6 Å². The highest BCUT2D eigenvalue weighted by molar-refractivity contribution is 6.10. The number of amides is 1. The fourth-order valence-electron chi connectivity index (χ4n) is 4.41. The number of aromatic hydroxyl groups is 2. The van der Waals surface area contributed by atoms with Gasteiger partial charge in [-0.05, 0) is 74.4 Å². The van der Waals surface area contributed by atoms with Gasteiger partial charge in [0.1, 0.15) is 11.5 Å². The van der Waals surface area contributed by atoms with Crippen molar-refractivity contribution in [2.75, 3.05) is 5.32 Å². The zero-order valence-corrected chi connectivity index (χ0v) is 20.9. The van der Waals surface area contributed by atoms with Gasteiger partial charge in [0.15, 0.2) is 0 Å². The van der Waals surface area contributed by atoms with Crippen LogP contribution in [0.25, 0.3) is 16.7 Å². The van der Waals surface area contributed by atoms with Crippen molar-refractivity contribution in [3.63, 3.8) is 0 Å². The van der Waals surface area contributed by atoms with Gasteiger partial charge in [-0.15, -0.1) is 0 Å². The van der Waals surface area contributed by atoms with E-state index in [-0.39, 0.29) is 28.5 Å². The number of unbranched alkanes of at least 4 members (excludes halogenated alkanes) is 2. The number of phenolic OH excluding ortho intramolecular Hbond substituents is 2. The maximum absolute atomic E-state index is 13.6. The van der Waals surface area contributed by atoms with Crippen LogP contribution in [0.3, 0.4) is 0 Å². The number of benzene rings is 3. The van der Waals surface area contributed by atoms with Crippen molar-refractivity contribution in [1.82, 2.24) is 0 Å². The molecule has 0 fully saturated rings. The minimum atomic E-state index is -0.382. The number of nitrogens with one attached hydrogen (secondary N) is 1. The van der Waals surface area contributed by atoms with Crippen molar-refractivity contribution in [3.05, 3.63) is 82.4 Å². The fourth-order valence-corrected chi connectivity index (χ4v) is 4.41. The van der Waals surface area contributed by atoms with E-state index in [4.69, 9.17) is 0 Å². The molecule has 0 bridgehead atoms. The molecule has 0 atom stereocenters. The minimum Gasteiger partial charge on any atom is -0.507 e. The molecule has 3 rings (SSSR count). The predicted molar refractivity (Wildman–Crippen MR) is 142 cm³/mol. The molecule has 4 nitrogen and oxygen atoms in total. The van der Waals surface area contributed by atoms with Crippen LogP contribution in [0.15, 0.2) is 49.0 Å². The monoisotopic (exact) mass is 457 g/mol. The van der Waals surface area contributed by atoms with Crippen molar-refractivity contribution in [1.29, 1.82) is 0 Å². The van der Waals surface area contributed by atoms with E-state index in [1.165, 1.54) is 0 Å². The van der Waals surface area contributed by atoms with Gasteiger partial charge in [0.2, 0.25) is 0 Å². The highest BCUT2D eigenvalue weighted by atomic mass is 16.3. The zero-order valence-electron chi connectivity index (χ0n) is 20.9. The number of allylic oxidation sites excluding steroid dienone is 1. The van der Waals surface area contributed by atoms with E-state index in [1.54, 1.807) is 6.07 Å². The lowest BCUT2D eigenvalue weighted by molar-refractivity contribution is 0.102. The summed E-state index contributed by atoms with van der Waals surface area (Å²) in [6.07, 6.45) is 3.48. The Kier molecular flexibility index (Phi) is 7.83. The van der Waals surface area contributed by atoms with Crippen LogP contribution in [-0.4, -0.2) is 16.1 Å². The number of rotatable bonds is 8. The van der Waals surface area contributed by atoms with Crippen LogP contribution in [0.2, 0.25) is 0 Å². The second kappa shape index (κ2) is 10.6. The van der Waals surface area contributed by atoms with Gasteiger partial charge in [-0.2, -0.15) is 0 Å². The molecule has 0 aromatic heterocycles. The molecule has 3 N–H and O–H groups in total. The van der Waals surface area contributed by atoms with E-state index in [9.17, 15) is 15.0 Å². The predicted octanol–water partition coefficient (Wildman–Crippen LogP) is 7.71. The largest absolute Gasteiger partial charge is 0.507 e. The summed E-state index contributed by atoms with van der Waals surface area (Å²) >= 11 is 0. The van der Waals surface area contributed by atoms with E-state index >= 15 is 0 Å². The molecule has 0 aliphatic carbocycles. The summed E-state index contributed by atoms with van der Waals surface area (Å²) in [5, 5.41) is 25.6. The third-order valence-corrected chi connectivity index (χ3v) is 6.26. The zero-order chi connectivity index (χ0) is 25.0. The molecule has 0 heterocycles. The van der Waals surface area contributed by atoms with E-state index in [2.05, 4.69) is 18.8 Å². The van der Waals surface area contributed by atoms with Gasteiger partial charge in [0.05, 0.1) is 11.1 Å². The van der Waals surface area contributed by atoms with Crippen LogP contribution in [0.1, 0.15) is 71.3 Å². The van der Waals surface area contributed by atoms with E-state index < -0.39 is 0 Å². The van der Waals surface area contributed by atoms with Crippen LogP contribution in [0.5, 0.6) is 11.5 Å². The van der Waals surface area contributed by atoms with Gasteiger partial charge < -0.3 is 15.5 Å². The normalized spacial score (nSPS) is 10.9. The van der Waals surface area contributed by atoms with E-state index in [0.717, 1.165) is 52.8 Å². The third kappa shape index (κ3) is 5.17. The number of anilines is 1. The quantitative estimate of drug-likeness (QED) is 0.303. The molecule has 0 saturated heterocycles. The lowest BCUT2D eigenvalue weighted by atomic mass is 9.88.